The summed E-state index contributed by atoms with van der Waals surface area (Å²) >= 11 is 0. The Hall–Kier alpha value is -2.10. The van der Waals surface area contributed by atoms with E-state index in [0.29, 0.717) is 23.9 Å². The number of anilines is 1. The molecule has 0 fully saturated rings. The topological polar surface area (TPSA) is 59.3 Å². The highest BCUT2D eigenvalue weighted by atomic mass is 16.3. The lowest BCUT2D eigenvalue weighted by Gasteiger charge is -2.04. The Morgan fingerprint density at radius 2 is 2.31 bits per heavy atom. The van der Waals surface area contributed by atoms with Crippen molar-refractivity contribution in [2.75, 3.05) is 11.9 Å². The SMILES string of the molecule is O=CCCNc1ccc2o[c]cc(=O)c2c1. The molecule has 0 saturated heterocycles. The molecule has 1 radical (unpaired) electrons. The van der Waals surface area contributed by atoms with Crippen molar-refractivity contribution in [1.82, 2.24) is 0 Å². The molecular weight excluding hydrogens is 206 g/mol. The van der Waals surface area contributed by atoms with E-state index in [9.17, 15) is 9.59 Å². The van der Waals surface area contributed by atoms with Crippen molar-refractivity contribution in [3.63, 3.8) is 0 Å². The minimum Gasteiger partial charge on any atom is -0.453 e. The van der Waals surface area contributed by atoms with E-state index in [1.54, 1.807) is 18.2 Å². The molecule has 0 aliphatic rings. The monoisotopic (exact) mass is 216 g/mol. The maximum Gasteiger partial charge on any atom is 0.193 e. The fourth-order valence-corrected chi connectivity index (χ4v) is 1.42. The van der Waals surface area contributed by atoms with E-state index < -0.39 is 0 Å². The van der Waals surface area contributed by atoms with Crippen molar-refractivity contribution in [3.8, 4) is 0 Å². The van der Waals surface area contributed by atoms with Gasteiger partial charge in [-0.25, -0.2) is 0 Å². The number of carbonyl (C=O) groups is 1. The number of benzene rings is 1. The van der Waals surface area contributed by atoms with Crippen LogP contribution in [0.3, 0.4) is 0 Å². The Kier molecular flexibility index (Phi) is 3.00. The molecule has 0 aliphatic carbocycles. The summed E-state index contributed by atoms with van der Waals surface area (Å²) in [6.45, 7) is 0.555. The van der Waals surface area contributed by atoms with Gasteiger partial charge in [-0.15, -0.1) is 0 Å². The molecule has 2 rings (SSSR count). The van der Waals surface area contributed by atoms with E-state index in [1.165, 1.54) is 6.07 Å². The van der Waals surface area contributed by atoms with Crippen LogP contribution in [0.5, 0.6) is 0 Å². The van der Waals surface area contributed by atoms with Gasteiger partial charge in [0.1, 0.15) is 11.9 Å². The van der Waals surface area contributed by atoms with Crippen molar-refractivity contribution in [1.29, 1.82) is 0 Å². The third-order valence-corrected chi connectivity index (χ3v) is 2.20. The first-order valence-corrected chi connectivity index (χ1v) is 4.93. The van der Waals surface area contributed by atoms with Crippen LogP contribution in [-0.2, 0) is 4.79 Å². The second kappa shape index (κ2) is 4.61. The van der Waals surface area contributed by atoms with Crippen molar-refractivity contribution in [2.24, 2.45) is 0 Å². The largest absolute Gasteiger partial charge is 0.453 e. The van der Waals surface area contributed by atoms with Gasteiger partial charge in [0.15, 0.2) is 11.7 Å². The van der Waals surface area contributed by atoms with E-state index in [4.69, 9.17) is 4.42 Å². The molecule has 1 aromatic carbocycles. The Labute approximate surface area is 91.9 Å². The third kappa shape index (κ3) is 2.11. The summed E-state index contributed by atoms with van der Waals surface area (Å²) in [4.78, 5) is 21.6. The summed E-state index contributed by atoms with van der Waals surface area (Å²) in [6.07, 6.45) is 3.71. The summed E-state index contributed by atoms with van der Waals surface area (Å²) in [6, 6.07) is 6.47. The molecule has 16 heavy (non-hydrogen) atoms. The van der Waals surface area contributed by atoms with E-state index in [0.717, 1.165) is 12.0 Å². The Balaban J connectivity index is 2.32. The lowest BCUT2D eigenvalue weighted by Crippen LogP contribution is -2.03. The zero-order chi connectivity index (χ0) is 11.4. The number of rotatable bonds is 4. The van der Waals surface area contributed by atoms with Crippen molar-refractivity contribution < 1.29 is 9.21 Å². The zero-order valence-electron chi connectivity index (χ0n) is 8.53. The summed E-state index contributed by atoms with van der Waals surface area (Å²) in [5.41, 5.74) is 1.18. The smallest absolute Gasteiger partial charge is 0.193 e. The fraction of sp³-hybridized carbons (Fsp3) is 0.167. The predicted molar refractivity (Wildman–Crippen MR) is 60.5 cm³/mol. The fourth-order valence-electron chi connectivity index (χ4n) is 1.42. The van der Waals surface area contributed by atoms with E-state index in [-0.39, 0.29) is 5.43 Å². The molecule has 0 atom stereocenters. The number of nitrogens with one attached hydrogen (secondary N) is 1. The van der Waals surface area contributed by atoms with E-state index >= 15 is 0 Å². The molecule has 0 amide bonds. The first-order valence-electron chi connectivity index (χ1n) is 4.93. The number of hydrogen-bond donors (Lipinski definition) is 1. The van der Waals surface area contributed by atoms with Crippen LogP contribution in [0.15, 0.2) is 33.5 Å². The summed E-state index contributed by atoms with van der Waals surface area (Å²) in [5, 5.41) is 3.55. The molecule has 4 heteroatoms. The highest BCUT2D eigenvalue weighted by molar-refractivity contribution is 5.80. The minimum absolute atomic E-state index is 0.125. The second-order valence-electron chi connectivity index (χ2n) is 3.32. The van der Waals surface area contributed by atoms with Crippen LogP contribution >= 0.6 is 0 Å². The van der Waals surface area contributed by atoms with Gasteiger partial charge < -0.3 is 14.5 Å². The number of fused-ring (bicyclic) bond motifs is 1. The number of hydrogen-bond acceptors (Lipinski definition) is 4. The molecule has 2 aromatic rings. The Morgan fingerprint density at radius 1 is 1.44 bits per heavy atom. The standard InChI is InChI=1S/C12H10NO3/c14-6-1-5-13-9-2-3-12-10(8-9)11(15)4-7-16-12/h2-4,6,8,13H,1,5H2. The van der Waals surface area contributed by atoms with Crippen LogP contribution in [0, 0.1) is 6.26 Å². The molecule has 1 heterocycles. The maximum absolute atomic E-state index is 11.5. The quantitative estimate of drug-likeness (QED) is 0.622. The summed E-state index contributed by atoms with van der Waals surface area (Å²) in [7, 11) is 0. The van der Waals surface area contributed by atoms with Crippen LogP contribution in [-0.4, -0.2) is 12.8 Å². The van der Waals surface area contributed by atoms with Gasteiger partial charge in [-0.1, -0.05) is 0 Å². The highest BCUT2D eigenvalue weighted by Gasteiger charge is 2.01. The average molecular weight is 216 g/mol. The second-order valence-corrected chi connectivity index (χ2v) is 3.32. The summed E-state index contributed by atoms with van der Waals surface area (Å²) < 4.78 is 5.06. The Bertz CT molecular complexity index is 559. The molecule has 1 N–H and O–H groups in total. The van der Waals surface area contributed by atoms with E-state index in [1.807, 2.05) is 0 Å². The van der Waals surface area contributed by atoms with Gasteiger partial charge in [0.2, 0.25) is 0 Å². The first-order chi connectivity index (χ1) is 7.81. The van der Waals surface area contributed by atoms with Gasteiger partial charge >= 0.3 is 0 Å². The number of carbonyl (C=O) groups excluding carboxylic acids is 1. The van der Waals surface area contributed by atoms with Crippen LogP contribution in [0.1, 0.15) is 6.42 Å². The number of aldehydes is 1. The van der Waals surface area contributed by atoms with Crippen LogP contribution in [0.4, 0.5) is 5.69 Å². The van der Waals surface area contributed by atoms with Gasteiger partial charge in [0, 0.05) is 24.7 Å². The highest BCUT2D eigenvalue weighted by Crippen LogP contribution is 2.15. The van der Waals surface area contributed by atoms with Crippen LogP contribution < -0.4 is 10.7 Å². The summed E-state index contributed by atoms with van der Waals surface area (Å²) in [5.74, 6) is 0. The minimum atomic E-state index is -0.125. The average Bonchev–Trinajstić information content (AvgIpc) is 2.30. The van der Waals surface area contributed by atoms with Crippen molar-refractivity contribution >= 4 is 22.9 Å². The molecule has 0 bridgehead atoms. The van der Waals surface area contributed by atoms with Gasteiger partial charge in [-0.05, 0) is 18.2 Å². The van der Waals surface area contributed by atoms with Crippen LogP contribution in [0.25, 0.3) is 11.0 Å². The molecule has 0 spiro atoms. The molecule has 81 valence electrons. The molecule has 0 unspecified atom stereocenters. The van der Waals surface area contributed by atoms with Gasteiger partial charge in [0.25, 0.3) is 0 Å². The predicted octanol–water partition coefficient (Wildman–Crippen LogP) is 1.59. The van der Waals surface area contributed by atoms with Gasteiger partial charge in [0.05, 0.1) is 5.39 Å². The third-order valence-electron chi connectivity index (χ3n) is 2.20. The molecule has 0 saturated carbocycles. The lowest BCUT2D eigenvalue weighted by molar-refractivity contribution is -0.107. The molecule has 0 aliphatic heterocycles. The van der Waals surface area contributed by atoms with E-state index in [2.05, 4.69) is 11.6 Å². The molecule has 1 aromatic heterocycles. The first kappa shape index (κ1) is 10.4. The van der Waals surface area contributed by atoms with Gasteiger partial charge in [-0.2, -0.15) is 0 Å². The maximum atomic E-state index is 11.5. The molecule has 4 nitrogen and oxygen atoms in total. The van der Waals surface area contributed by atoms with Crippen molar-refractivity contribution in [3.05, 3.63) is 40.8 Å². The zero-order valence-corrected chi connectivity index (χ0v) is 8.53. The van der Waals surface area contributed by atoms with Gasteiger partial charge in [-0.3, -0.25) is 4.79 Å². The molecular formula is C12H10NO3. The Morgan fingerprint density at radius 3 is 3.12 bits per heavy atom. The van der Waals surface area contributed by atoms with Crippen LogP contribution in [0.2, 0.25) is 0 Å². The van der Waals surface area contributed by atoms with Crippen molar-refractivity contribution in [2.45, 2.75) is 6.42 Å². The normalized spacial score (nSPS) is 10.2. The lowest BCUT2D eigenvalue weighted by atomic mass is 10.2.